The Morgan fingerprint density at radius 1 is 1.14 bits per heavy atom. The highest BCUT2D eigenvalue weighted by Crippen LogP contribution is 2.19. The molecule has 114 valence electrons. The molecule has 1 aliphatic rings. The van der Waals surface area contributed by atoms with Crippen LogP contribution in [0, 0.1) is 5.92 Å². The summed E-state index contributed by atoms with van der Waals surface area (Å²) in [6.07, 6.45) is 7.40. The predicted molar refractivity (Wildman–Crippen MR) is 84.2 cm³/mol. The zero-order chi connectivity index (χ0) is 15.4. The van der Waals surface area contributed by atoms with Crippen LogP contribution in [-0.2, 0) is 11.2 Å². The summed E-state index contributed by atoms with van der Waals surface area (Å²) in [5.74, 6) is 0.460. The van der Waals surface area contributed by atoms with E-state index in [1.54, 1.807) is 18.6 Å². The highest BCUT2D eigenvalue weighted by Gasteiger charge is 2.23. The first-order valence-corrected chi connectivity index (χ1v) is 7.66. The van der Waals surface area contributed by atoms with E-state index in [1.807, 2.05) is 18.2 Å². The molecule has 0 aliphatic carbocycles. The van der Waals surface area contributed by atoms with E-state index in [0.29, 0.717) is 6.42 Å². The van der Waals surface area contributed by atoms with Gasteiger partial charge in [0, 0.05) is 18.3 Å². The number of Topliss-reactive ketones (excluding diaryl/α,β-unsaturated/α-hetero) is 1. The summed E-state index contributed by atoms with van der Waals surface area (Å²) in [5, 5.41) is 0. The second-order valence-electron chi connectivity index (χ2n) is 5.83. The number of aromatic nitrogens is 3. The summed E-state index contributed by atoms with van der Waals surface area (Å²) in [4.78, 5) is 27.6. The first-order chi connectivity index (χ1) is 10.7. The number of rotatable bonds is 4. The van der Waals surface area contributed by atoms with Crippen molar-refractivity contribution in [2.24, 2.45) is 5.92 Å². The number of carbonyl (C=O) groups excluding carboxylic acids is 1. The standard InChI is InChI=1S/C17H20N4O/c1-21-8-5-13(6-9-21)17(22)10-14-11-20-16(12-19-14)15-4-2-3-7-18-15/h2-4,7,11-13H,5-6,8-10H2,1H3. The van der Waals surface area contributed by atoms with Crippen LogP contribution < -0.4 is 0 Å². The van der Waals surface area contributed by atoms with Gasteiger partial charge < -0.3 is 4.90 Å². The van der Waals surface area contributed by atoms with Crippen LogP contribution in [0.15, 0.2) is 36.8 Å². The molecule has 22 heavy (non-hydrogen) atoms. The summed E-state index contributed by atoms with van der Waals surface area (Å²) in [7, 11) is 2.10. The number of hydrogen-bond acceptors (Lipinski definition) is 5. The molecular formula is C17H20N4O. The Labute approximate surface area is 130 Å². The van der Waals surface area contributed by atoms with Gasteiger partial charge in [-0.1, -0.05) is 6.07 Å². The van der Waals surface area contributed by atoms with E-state index in [2.05, 4.69) is 26.9 Å². The van der Waals surface area contributed by atoms with Gasteiger partial charge in [-0.05, 0) is 45.1 Å². The van der Waals surface area contributed by atoms with Gasteiger partial charge in [0.05, 0.1) is 24.0 Å². The molecule has 1 aliphatic heterocycles. The molecule has 3 heterocycles. The molecule has 0 bridgehead atoms. The zero-order valence-electron chi connectivity index (χ0n) is 12.8. The van der Waals surface area contributed by atoms with Gasteiger partial charge >= 0.3 is 0 Å². The second-order valence-corrected chi connectivity index (χ2v) is 5.83. The monoisotopic (exact) mass is 296 g/mol. The average Bonchev–Trinajstić information content (AvgIpc) is 2.57. The quantitative estimate of drug-likeness (QED) is 0.863. The first kappa shape index (κ1) is 14.8. The van der Waals surface area contributed by atoms with Crippen LogP contribution in [0.1, 0.15) is 18.5 Å². The van der Waals surface area contributed by atoms with Gasteiger partial charge in [0.25, 0.3) is 0 Å². The van der Waals surface area contributed by atoms with E-state index in [-0.39, 0.29) is 11.7 Å². The van der Waals surface area contributed by atoms with Crippen molar-refractivity contribution in [2.75, 3.05) is 20.1 Å². The molecule has 5 nitrogen and oxygen atoms in total. The molecule has 1 saturated heterocycles. The molecular weight excluding hydrogens is 276 g/mol. The maximum Gasteiger partial charge on any atom is 0.142 e. The minimum atomic E-state index is 0.175. The Hall–Kier alpha value is -2.14. The van der Waals surface area contributed by atoms with Crippen molar-refractivity contribution in [2.45, 2.75) is 19.3 Å². The maximum absolute atomic E-state index is 12.3. The minimum absolute atomic E-state index is 0.175. The van der Waals surface area contributed by atoms with Crippen molar-refractivity contribution in [3.8, 4) is 11.4 Å². The molecule has 0 saturated carbocycles. The number of likely N-dealkylation sites (tertiary alicyclic amines) is 1. The van der Waals surface area contributed by atoms with E-state index in [4.69, 9.17) is 0 Å². The van der Waals surface area contributed by atoms with E-state index in [1.165, 1.54) is 0 Å². The molecule has 1 fully saturated rings. The summed E-state index contributed by atoms with van der Waals surface area (Å²) in [6, 6.07) is 5.68. The molecule has 2 aromatic rings. The van der Waals surface area contributed by atoms with Crippen LogP contribution in [0.5, 0.6) is 0 Å². The Balaban J connectivity index is 1.62. The number of ketones is 1. The van der Waals surface area contributed by atoms with E-state index < -0.39 is 0 Å². The fraction of sp³-hybridized carbons (Fsp3) is 0.412. The lowest BCUT2D eigenvalue weighted by molar-refractivity contribution is -0.123. The molecule has 0 spiro atoms. The molecule has 0 aromatic carbocycles. The lowest BCUT2D eigenvalue weighted by Crippen LogP contribution is -2.34. The summed E-state index contributed by atoms with van der Waals surface area (Å²) >= 11 is 0. The normalized spacial score (nSPS) is 16.6. The van der Waals surface area contributed by atoms with Crippen LogP contribution in [0.4, 0.5) is 0 Å². The number of nitrogens with zero attached hydrogens (tertiary/aromatic N) is 4. The van der Waals surface area contributed by atoms with Gasteiger partial charge in [-0.3, -0.25) is 19.7 Å². The lowest BCUT2D eigenvalue weighted by atomic mass is 9.90. The van der Waals surface area contributed by atoms with Crippen LogP contribution in [0.3, 0.4) is 0 Å². The lowest BCUT2D eigenvalue weighted by Gasteiger charge is -2.27. The van der Waals surface area contributed by atoms with Gasteiger partial charge in [-0.15, -0.1) is 0 Å². The summed E-state index contributed by atoms with van der Waals surface area (Å²) in [6.45, 7) is 2.00. The van der Waals surface area contributed by atoms with Gasteiger partial charge in [0.2, 0.25) is 0 Å². The Bertz CT molecular complexity index is 619. The van der Waals surface area contributed by atoms with Crippen LogP contribution in [0.25, 0.3) is 11.4 Å². The zero-order valence-corrected chi connectivity index (χ0v) is 12.8. The highest BCUT2D eigenvalue weighted by atomic mass is 16.1. The first-order valence-electron chi connectivity index (χ1n) is 7.66. The smallest absolute Gasteiger partial charge is 0.142 e. The maximum atomic E-state index is 12.3. The third kappa shape index (κ3) is 3.54. The minimum Gasteiger partial charge on any atom is -0.306 e. The topological polar surface area (TPSA) is 59.0 Å². The largest absolute Gasteiger partial charge is 0.306 e. The van der Waals surface area contributed by atoms with E-state index in [0.717, 1.165) is 43.0 Å². The Kier molecular flexibility index (Phi) is 4.53. The van der Waals surface area contributed by atoms with Gasteiger partial charge in [0.15, 0.2) is 0 Å². The third-order valence-electron chi connectivity index (χ3n) is 4.16. The van der Waals surface area contributed by atoms with Crippen molar-refractivity contribution in [3.05, 3.63) is 42.5 Å². The highest BCUT2D eigenvalue weighted by molar-refractivity contribution is 5.83. The molecule has 0 amide bonds. The Morgan fingerprint density at radius 2 is 1.95 bits per heavy atom. The summed E-state index contributed by atoms with van der Waals surface area (Å²) in [5.41, 5.74) is 2.27. The Morgan fingerprint density at radius 3 is 2.59 bits per heavy atom. The van der Waals surface area contributed by atoms with Crippen LogP contribution in [0.2, 0.25) is 0 Å². The molecule has 0 unspecified atom stereocenters. The predicted octanol–water partition coefficient (Wildman–Crippen LogP) is 1.99. The number of carbonyl (C=O) groups is 1. The van der Waals surface area contributed by atoms with Crippen molar-refractivity contribution in [3.63, 3.8) is 0 Å². The molecule has 3 rings (SSSR count). The van der Waals surface area contributed by atoms with Gasteiger partial charge in [-0.25, -0.2) is 0 Å². The molecule has 0 radical (unpaired) electrons. The molecule has 5 heteroatoms. The number of hydrogen-bond donors (Lipinski definition) is 0. The van der Waals surface area contributed by atoms with Crippen LogP contribution in [-0.4, -0.2) is 45.8 Å². The fourth-order valence-corrected chi connectivity index (χ4v) is 2.75. The van der Waals surface area contributed by atoms with Gasteiger partial charge in [-0.2, -0.15) is 0 Å². The fourth-order valence-electron chi connectivity index (χ4n) is 2.75. The number of piperidine rings is 1. The SMILES string of the molecule is CN1CCC(C(=O)Cc2cnc(-c3ccccn3)cn2)CC1. The van der Waals surface area contributed by atoms with Crippen molar-refractivity contribution >= 4 is 5.78 Å². The third-order valence-corrected chi connectivity index (χ3v) is 4.16. The van der Waals surface area contributed by atoms with Crippen molar-refractivity contribution < 1.29 is 4.79 Å². The molecule has 2 aromatic heterocycles. The number of pyridine rings is 1. The van der Waals surface area contributed by atoms with Crippen molar-refractivity contribution in [1.29, 1.82) is 0 Å². The summed E-state index contributed by atoms with van der Waals surface area (Å²) < 4.78 is 0. The van der Waals surface area contributed by atoms with Gasteiger partial charge in [0.1, 0.15) is 11.5 Å². The molecule has 0 N–H and O–H groups in total. The second kappa shape index (κ2) is 6.75. The average molecular weight is 296 g/mol. The van der Waals surface area contributed by atoms with E-state index in [9.17, 15) is 4.79 Å². The molecule has 0 atom stereocenters. The van der Waals surface area contributed by atoms with Crippen molar-refractivity contribution in [1.82, 2.24) is 19.9 Å². The van der Waals surface area contributed by atoms with E-state index >= 15 is 0 Å². The van der Waals surface area contributed by atoms with Crippen LogP contribution >= 0.6 is 0 Å².